The Morgan fingerprint density at radius 3 is 2.82 bits per heavy atom. The SMILES string of the molecule is CCCNC(=O)CN1CCC(NC(C)C)C1=O. The Morgan fingerprint density at radius 1 is 1.53 bits per heavy atom. The molecule has 1 saturated heterocycles. The van der Waals surface area contributed by atoms with E-state index in [2.05, 4.69) is 10.6 Å². The molecular weight excluding hydrogens is 218 g/mol. The highest BCUT2D eigenvalue weighted by molar-refractivity contribution is 5.89. The molecule has 1 unspecified atom stereocenters. The quantitative estimate of drug-likeness (QED) is 0.694. The lowest BCUT2D eigenvalue weighted by Crippen LogP contribution is -2.44. The Kier molecular flexibility index (Phi) is 5.41. The van der Waals surface area contributed by atoms with Crippen molar-refractivity contribution in [2.75, 3.05) is 19.6 Å². The van der Waals surface area contributed by atoms with Gasteiger partial charge in [-0.2, -0.15) is 0 Å². The van der Waals surface area contributed by atoms with Crippen LogP contribution in [0, 0.1) is 0 Å². The van der Waals surface area contributed by atoms with Gasteiger partial charge >= 0.3 is 0 Å². The lowest BCUT2D eigenvalue weighted by atomic mass is 10.2. The van der Waals surface area contributed by atoms with E-state index in [1.807, 2.05) is 20.8 Å². The van der Waals surface area contributed by atoms with E-state index in [9.17, 15) is 9.59 Å². The van der Waals surface area contributed by atoms with Crippen LogP contribution in [0.15, 0.2) is 0 Å². The minimum atomic E-state index is -0.117. The fourth-order valence-corrected chi connectivity index (χ4v) is 1.95. The molecule has 0 saturated carbocycles. The van der Waals surface area contributed by atoms with Gasteiger partial charge in [-0.15, -0.1) is 0 Å². The number of hydrogen-bond acceptors (Lipinski definition) is 3. The van der Waals surface area contributed by atoms with E-state index in [1.165, 1.54) is 0 Å². The molecule has 1 fully saturated rings. The van der Waals surface area contributed by atoms with Crippen molar-refractivity contribution in [1.82, 2.24) is 15.5 Å². The molecule has 0 radical (unpaired) electrons. The predicted octanol–water partition coefficient (Wildman–Crippen LogP) is 0.112. The van der Waals surface area contributed by atoms with Crippen LogP contribution in [0.1, 0.15) is 33.6 Å². The third-order valence-corrected chi connectivity index (χ3v) is 2.74. The van der Waals surface area contributed by atoms with Gasteiger partial charge in [0.05, 0.1) is 12.6 Å². The molecule has 5 heteroatoms. The van der Waals surface area contributed by atoms with Crippen molar-refractivity contribution < 1.29 is 9.59 Å². The summed E-state index contributed by atoms with van der Waals surface area (Å²) in [5.74, 6) is -0.0178. The number of likely N-dealkylation sites (tertiary alicyclic amines) is 1. The summed E-state index contributed by atoms with van der Waals surface area (Å²) >= 11 is 0. The number of nitrogens with one attached hydrogen (secondary N) is 2. The molecule has 1 heterocycles. The van der Waals surface area contributed by atoms with E-state index in [4.69, 9.17) is 0 Å². The molecule has 0 aliphatic carbocycles. The van der Waals surface area contributed by atoms with E-state index in [-0.39, 0.29) is 30.4 Å². The van der Waals surface area contributed by atoms with Gasteiger partial charge in [0, 0.05) is 19.1 Å². The molecule has 0 bridgehead atoms. The summed E-state index contributed by atoms with van der Waals surface area (Å²) in [6.07, 6.45) is 1.70. The summed E-state index contributed by atoms with van der Waals surface area (Å²) in [6.45, 7) is 7.57. The van der Waals surface area contributed by atoms with Crippen LogP contribution in [-0.4, -0.2) is 48.4 Å². The summed E-state index contributed by atoms with van der Waals surface area (Å²) in [4.78, 5) is 25.1. The summed E-state index contributed by atoms with van der Waals surface area (Å²) in [5, 5.41) is 6.00. The molecule has 0 spiro atoms. The second-order valence-electron chi connectivity index (χ2n) is 4.77. The van der Waals surface area contributed by atoms with Crippen LogP contribution < -0.4 is 10.6 Å². The van der Waals surface area contributed by atoms with Crippen molar-refractivity contribution in [2.45, 2.75) is 45.7 Å². The standard InChI is InChI=1S/C12H23N3O2/c1-4-6-13-11(16)8-15-7-5-10(12(15)17)14-9(2)3/h9-10,14H,4-8H2,1-3H3,(H,13,16). The van der Waals surface area contributed by atoms with E-state index in [0.717, 1.165) is 12.8 Å². The van der Waals surface area contributed by atoms with E-state index in [0.29, 0.717) is 13.1 Å². The number of amides is 2. The Labute approximate surface area is 103 Å². The van der Waals surface area contributed by atoms with Crippen molar-refractivity contribution in [3.05, 3.63) is 0 Å². The minimum Gasteiger partial charge on any atom is -0.355 e. The average Bonchev–Trinajstić information content (AvgIpc) is 2.58. The number of nitrogens with zero attached hydrogens (tertiary/aromatic N) is 1. The van der Waals surface area contributed by atoms with E-state index < -0.39 is 0 Å². The third kappa shape index (κ3) is 4.34. The fraction of sp³-hybridized carbons (Fsp3) is 0.833. The third-order valence-electron chi connectivity index (χ3n) is 2.74. The first-order valence-corrected chi connectivity index (χ1v) is 6.36. The normalized spacial score (nSPS) is 20.1. The number of carbonyl (C=O) groups is 2. The highest BCUT2D eigenvalue weighted by atomic mass is 16.2. The maximum Gasteiger partial charge on any atom is 0.240 e. The average molecular weight is 241 g/mol. The molecule has 17 heavy (non-hydrogen) atoms. The van der Waals surface area contributed by atoms with Crippen LogP contribution in [0.4, 0.5) is 0 Å². The highest BCUT2D eigenvalue weighted by Gasteiger charge is 2.32. The summed E-state index contributed by atoms with van der Waals surface area (Å²) in [5.41, 5.74) is 0. The number of rotatable bonds is 6. The number of carbonyl (C=O) groups excluding carboxylic acids is 2. The topological polar surface area (TPSA) is 61.4 Å². The Bertz CT molecular complexity index is 279. The van der Waals surface area contributed by atoms with Crippen molar-refractivity contribution in [1.29, 1.82) is 0 Å². The van der Waals surface area contributed by atoms with Gasteiger partial charge in [0.2, 0.25) is 11.8 Å². The lowest BCUT2D eigenvalue weighted by molar-refractivity contribution is -0.134. The van der Waals surface area contributed by atoms with Crippen molar-refractivity contribution in [2.24, 2.45) is 0 Å². The van der Waals surface area contributed by atoms with Gasteiger partial charge in [-0.25, -0.2) is 0 Å². The molecular formula is C12H23N3O2. The molecule has 0 aromatic heterocycles. The first-order valence-electron chi connectivity index (χ1n) is 6.36. The molecule has 0 aromatic carbocycles. The number of hydrogen-bond donors (Lipinski definition) is 2. The van der Waals surface area contributed by atoms with Gasteiger partial charge in [-0.1, -0.05) is 20.8 Å². The second kappa shape index (κ2) is 6.59. The molecule has 1 aliphatic heterocycles. The Hall–Kier alpha value is -1.10. The fourth-order valence-electron chi connectivity index (χ4n) is 1.95. The zero-order valence-corrected chi connectivity index (χ0v) is 11.0. The van der Waals surface area contributed by atoms with Crippen LogP contribution >= 0.6 is 0 Å². The molecule has 2 N–H and O–H groups in total. The predicted molar refractivity (Wildman–Crippen MR) is 66.6 cm³/mol. The largest absolute Gasteiger partial charge is 0.355 e. The van der Waals surface area contributed by atoms with Crippen LogP contribution in [0.3, 0.4) is 0 Å². The zero-order valence-electron chi connectivity index (χ0n) is 11.0. The van der Waals surface area contributed by atoms with Crippen molar-refractivity contribution in [3.8, 4) is 0 Å². The highest BCUT2D eigenvalue weighted by Crippen LogP contribution is 2.11. The van der Waals surface area contributed by atoms with Gasteiger partial charge < -0.3 is 15.5 Å². The minimum absolute atomic E-state index is 0.0466. The van der Waals surface area contributed by atoms with Gasteiger partial charge in [-0.05, 0) is 12.8 Å². The first kappa shape index (κ1) is 14.0. The molecule has 1 atom stereocenters. The Morgan fingerprint density at radius 2 is 2.24 bits per heavy atom. The smallest absolute Gasteiger partial charge is 0.240 e. The maximum absolute atomic E-state index is 11.9. The van der Waals surface area contributed by atoms with Crippen LogP contribution in [-0.2, 0) is 9.59 Å². The van der Waals surface area contributed by atoms with Gasteiger partial charge in [0.1, 0.15) is 0 Å². The lowest BCUT2D eigenvalue weighted by Gasteiger charge is -2.17. The molecule has 5 nitrogen and oxygen atoms in total. The van der Waals surface area contributed by atoms with Crippen molar-refractivity contribution in [3.63, 3.8) is 0 Å². The van der Waals surface area contributed by atoms with Gasteiger partial charge in [0.25, 0.3) is 0 Å². The van der Waals surface area contributed by atoms with E-state index >= 15 is 0 Å². The van der Waals surface area contributed by atoms with Crippen LogP contribution in [0.5, 0.6) is 0 Å². The molecule has 98 valence electrons. The molecule has 1 rings (SSSR count). The van der Waals surface area contributed by atoms with Crippen LogP contribution in [0.25, 0.3) is 0 Å². The summed E-state index contributed by atoms with van der Waals surface area (Å²) in [6, 6.07) is 0.173. The Balaban J connectivity index is 2.36. The molecule has 2 amide bonds. The monoisotopic (exact) mass is 241 g/mol. The van der Waals surface area contributed by atoms with E-state index in [1.54, 1.807) is 4.90 Å². The van der Waals surface area contributed by atoms with Crippen molar-refractivity contribution >= 4 is 11.8 Å². The summed E-state index contributed by atoms with van der Waals surface area (Å²) < 4.78 is 0. The first-order chi connectivity index (χ1) is 8.04. The van der Waals surface area contributed by atoms with Crippen LogP contribution in [0.2, 0.25) is 0 Å². The second-order valence-corrected chi connectivity index (χ2v) is 4.77. The van der Waals surface area contributed by atoms with Gasteiger partial charge in [0.15, 0.2) is 0 Å². The zero-order chi connectivity index (χ0) is 12.8. The molecule has 0 aromatic rings. The molecule has 1 aliphatic rings. The maximum atomic E-state index is 11.9. The summed E-state index contributed by atoms with van der Waals surface area (Å²) in [7, 11) is 0. The van der Waals surface area contributed by atoms with Gasteiger partial charge in [-0.3, -0.25) is 9.59 Å².